The summed E-state index contributed by atoms with van der Waals surface area (Å²) in [5.41, 5.74) is 9.50. The van der Waals surface area contributed by atoms with Crippen LogP contribution in [0.1, 0.15) is 54.6 Å². The molecule has 0 aliphatic heterocycles. The fraction of sp³-hybridized carbons (Fsp3) is 0.316. The van der Waals surface area contributed by atoms with Crippen molar-refractivity contribution in [3.63, 3.8) is 0 Å². The van der Waals surface area contributed by atoms with Gasteiger partial charge in [0, 0.05) is 12.0 Å². The van der Waals surface area contributed by atoms with Crippen LogP contribution in [0, 0.1) is 0 Å². The average molecular weight is 297 g/mol. The van der Waals surface area contributed by atoms with E-state index in [-0.39, 0.29) is 5.78 Å². The molecule has 2 N–H and O–H groups in total. The minimum atomic E-state index is 0.0857. The number of carbonyl (C=O) groups is 1. The SMILES string of the molecule is CCC(=O)c1ccc(OCc2ccc(C(C)C)cc2)c(N)c1. The zero-order chi connectivity index (χ0) is 16.1. The van der Waals surface area contributed by atoms with E-state index in [1.807, 2.05) is 6.92 Å². The van der Waals surface area contributed by atoms with Crippen LogP contribution in [0.3, 0.4) is 0 Å². The molecule has 0 aromatic heterocycles. The molecule has 22 heavy (non-hydrogen) atoms. The van der Waals surface area contributed by atoms with Gasteiger partial charge in [0.15, 0.2) is 5.78 Å². The van der Waals surface area contributed by atoms with E-state index in [9.17, 15) is 4.79 Å². The number of hydrogen-bond acceptors (Lipinski definition) is 3. The molecule has 0 spiro atoms. The lowest BCUT2D eigenvalue weighted by Gasteiger charge is -2.11. The van der Waals surface area contributed by atoms with Crippen molar-refractivity contribution in [2.75, 3.05) is 5.73 Å². The van der Waals surface area contributed by atoms with Gasteiger partial charge in [0.1, 0.15) is 12.4 Å². The molecule has 0 unspecified atom stereocenters. The van der Waals surface area contributed by atoms with Crippen molar-refractivity contribution in [3.05, 3.63) is 59.2 Å². The molecular formula is C19H23NO2. The number of ether oxygens (including phenoxy) is 1. The van der Waals surface area contributed by atoms with Crippen LogP contribution in [0.15, 0.2) is 42.5 Å². The van der Waals surface area contributed by atoms with Gasteiger partial charge < -0.3 is 10.5 Å². The van der Waals surface area contributed by atoms with Gasteiger partial charge >= 0.3 is 0 Å². The van der Waals surface area contributed by atoms with Gasteiger partial charge in [0.25, 0.3) is 0 Å². The Labute approximate surface area is 132 Å². The minimum Gasteiger partial charge on any atom is -0.487 e. The van der Waals surface area contributed by atoms with E-state index in [0.717, 1.165) is 5.56 Å². The predicted octanol–water partition coefficient (Wildman–Crippen LogP) is 4.56. The van der Waals surface area contributed by atoms with Crippen LogP contribution < -0.4 is 10.5 Å². The Kier molecular flexibility index (Phi) is 5.21. The highest BCUT2D eigenvalue weighted by Gasteiger charge is 2.07. The Morgan fingerprint density at radius 3 is 2.36 bits per heavy atom. The third-order valence-electron chi connectivity index (χ3n) is 3.69. The lowest BCUT2D eigenvalue weighted by molar-refractivity contribution is 0.0988. The van der Waals surface area contributed by atoms with Crippen molar-refractivity contribution in [3.8, 4) is 5.75 Å². The van der Waals surface area contributed by atoms with E-state index < -0.39 is 0 Å². The van der Waals surface area contributed by atoms with Crippen molar-refractivity contribution in [1.82, 2.24) is 0 Å². The summed E-state index contributed by atoms with van der Waals surface area (Å²) >= 11 is 0. The number of nitrogens with two attached hydrogens (primary N) is 1. The maximum atomic E-state index is 11.6. The second-order valence-electron chi connectivity index (χ2n) is 5.71. The number of Topliss-reactive ketones (excluding diaryl/α,β-unsaturated/α-hetero) is 1. The maximum absolute atomic E-state index is 11.6. The standard InChI is InChI=1S/C19H23NO2/c1-4-18(21)16-9-10-19(17(20)11-16)22-12-14-5-7-15(8-6-14)13(2)3/h5-11,13H,4,12,20H2,1-3H3. The number of nitrogen functional groups attached to an aromatic ring is 1. The van der Waals surface area contributed by atoms with Gasteiger partial charge in [-0.05, 0) is 35.2 Å². The normalized spacial score (nSPS) is 10.7. The molecule has 116 valence electrons. The lowest BCUT2D eigenvalue weighted by atomic mass is 10.0. The molecular weight excluding hydrogens is 274 g/mol. The first-order chi connectivity index (χ1) is 10.5. The molecule has 3 nitrogen and oxygen atoms in total. The van der Waals surface area contributed by atoms with E-state index in [4.69, 9.17) is 10.5 Å². The Morgan fingerprint density at radius 2 is 1.82 bits per heavy atom. The highest BCUT2D eigenvalue weighted by Crippen LogP contribution is 2.24. The molecule has 0 aliphatic rings. The van der Waals surface area contributed by atoms with Gasteiger partial charge in [-0.1, -0.05) is 45.0 Å². The number of hydrogen-bond donors (Lipinski definition) is 1. The second kappa shape index (κ2) is 7.12. The van der Waals surface area contributed by atoms with Crippen LogP contribution in [0.2, 0.25) is 0 Å². The lowest BCUT2D eigenvalue weighted by Crippen LogP contribution is -2.02. The van der Waals surface area contributed by atoms with Crippen LogP contribution >= 0.6 is 0 Å². The second-order valence-corrected chi connectivity index (χ2v) is 5.71. The van der Waals surface area contributed by atoms with Crippen molar-refractivity contribution in [1.29, 1.82) is 0 Å². The molecule has 2 rings (SSSR count). The van der Waals surface area contributed by atoms with Crippen LogP contribution in [-0.4, -0.2) is 5.78 Å². The van der Waals surface area contributed by atoms with Crippen LogP contribution in [0.25, 0.3) is 0 Å². The first-order valence-corrected chi connectivity index (χ1v) is 7.65. The third-order valence-corrected chi connectivity index (χ3v) is 3.69. The van der Waals surface area contributed by atoms with Gasteiger partial charge in [0.05, 0.1) is 5.69 Å². The molecule has 2 aromatic rings. The summed E-state index contributed by atoms with van der Waals surface area (Å²) in [4.78, 5) is 11.6. The van der Waals surface area contributed by atoms with Crippen molar-refractivity contribution < 1.29 is 9.53 Å². The monoisotopic (exact) mass is 297 g/mol. The summed E-state index contributed by atoms with van der Waals surface area (Å²) in [6.07, 6.45) is 0.474. The third kappa shape index (κ3) is 3.88. The summed E-state index contributed by atoms with van der Waals surface area (Å²) in [5, 5.41) is 0. The van der Waals surface area contributed by atoms with Crippen molar-refractivity contribution in [2.45, 2.75) is 39.7 Å². The van der Waals surface area contributed by atoms with Crippen LogP contribution in [0.5, 0.6) is 5.75 Å². The molecule has 0 atom stereocenters. The molecule has 3 heteroatoms. The molecule has 0 saturated carbocycles. The van der Waals surface area contributed by atoms with E-state index in [2.05, 4.69) is 38.1 Å². The van der Waals surface area contributed by atoms with Crippen molar-refractivity contribution >= 4 is 11.5 Å². The summed E-state index contributed by atoms with van der Waals surface area (Å²) in [6.45, 7) is 6.64. The molecule has 2 aromatic carbocycles. The van der Waals surface area contributed by atoms with Gasteiger partial charge in [-0.15, -0.1) is 0 Å². The number of anilines is 1. The number of ketones is 1. The highest BCUT2D eigenvalue weighted by molar-refractivity contribution is 5.97. The van der Waals surface area contributed by atoms with Crippen LogP contribution in [-0.2, 0) is 6.61 Å². The van der Waals surface area contributed by atoms with Crippen molar-refractivity contribution in [2.24, 2.45) is 0 Å². The Bertz CT molecular complexity index is 645. The number of benzene rings is 2. The van der Waals surface area contributed by atoms with Crippen LogP contribution in [0.4, 0.5) is 5.69 Å². The molecule has 0 heterocycles. The maximum Gasteiger partial charge on any atom is 0.162 e. The van der Waals surface area contributed by atoms with Gasteiger partial charge in [0.2, 0.25) is 0 Å². The fourth-order valence-electron chi connectivity index (χ4n) is 2.22. The Morgan fingerprint density at radius 1 is 1.14 bits per heavy atom. The quantitative estimate of drug-likeness (QED) is 0.628. The molecule has 0 radical (unpaired) electrons. The summed E-state index contributed by atoms with van der Waals surface area (Å²) < 4.78 is 5.76. The minimum absolute atomic E-state index is 0.0857. The zero-order valence-corrected chi connectivity index (χ0v) is 13.4. The molecule has 0 fully saturated rings. The van der Waals surface area contributed by atoms with Gasteiger partial charge in [-0.2, -0.15) is 0 Å². The van der Waals surface area contributed by atoms with Gasteiger partial charge in [-0.25, -0.2) is 0 Å². The highest BCUT2D eigenvalue weighted by atomic mass is 16.5. The predicted molar refractivity (Wildman–Crippen MR) is 90.3 cm³/mol. The zero-order valence-electron chi connectivity index (χ0n) is 13.4. The summed E-state index contributed by atoms with van der Waals surface area (Å²) in [7, 11) is 0. The largest absolute Gasteiger partial charge is 0.487 e. The van der Waals surface area contributed by atoms with E-state index >= 15 is 0 Å². The number of rotatable bonds is 6. The van der Waals surface area contributed by atoms with E-state index in [0.29, 0.717) is 35.9 Å². The topological polar surface area (TPSA) is 52.3 Å². The smallest absolute Gasteiger partial charge is 0.162 e. The molecule has 0 saturated heterocycles. The molecule has 0 amide bonds. The molecule has 0 aliphatic carbocycles. The molecule has 0 bridgehead atoms. The summed E-state index contributed by atoms with van der Waals surface area (Å²) in [5.74, 6) is 1.22. The van der Waals surface area contributed by atoms with E-state index in [1.165, 1.54) is 5.56 Å². The van der Waals surface area contributed by atoms with Gasteiger partial charge in [-0.3, -0.25) is 4.79 Å². The van der Waals surface area contributed by atoms with E-state index in [1.54, 1.807) is 18.2 Å². The fourth-order valence-corrected chi connectivity index (χ4v) is 2.22. The summed E-state index contributed by atoms with van der Waals surface area (Å²) in [6, 6.07) is 13.6. The average Bonchev–Trinajstić information content (AvgIpc) is 2.53. The first kappa shape index (κ1) is 16.1. The Balaban J connectivity index is 2.03. The Hall–Kier alpha value is -2.29. The first-order valence-electron chi connectivity index (χ1n) is 7.65. The number of carbonyl (C=O) groups excluding carboxylic acids is 1.